The van der Waals surface area contributed by atoms with Crippen LogP contribution in [0.4, 0.5) is 0 Å². The maximum atomic E-state index is 6.29. The van der Waals surface area contributed by atoms with Crippen molar-refractivity contribution in [1.29, 1.82) is 0 Å². The quantitative estimate of drug-likeness (QED) is 0.171. The number of hydrogen-bond acceptors (Lipinski definition) is 1. The van der Waals surface area contributed by atoms with Gasteiger partial charge in [0.25, 0.3) is 0 Å². The van der Waals surface area contributed by atoms with Gasteiger partial charge in [-0.05, 0) is 119 Å². The van der Waals surface area contributed by atoms with Gasteiger partial charge in [0.1, 0.15) is 11.2 Å². The molecule has 2 aliphatic carbocycles. The normalized spacial score (nSPS) is 15.0. The van der Waals surface area contributed by atoms with Crippen LogP contribution in [0.5, 0.6) is 0 Å². The summed E-state index contributed by atoms with van der Waals surface area (Å²) in [5.41, 5.74) is 15.3. The molecule has 0 saturated heterocycles. The van der Waals surface area contributed by atoms with Gasteiger partial charge in [-0.1, -0.05) is 153 Å². The Bertz CT molecular complexity index is 2960. The zero-order chi connectivity index (χ0) is 34.6. The van der Waals surface area contributed by atoms with Crippen molar-refractivity contribution in [3.8, 4) is 22.3 Å². The van der Waals surface area contributed by atoms with Gasteiger partial charge in [-0.15, -0.1) is 0 Å². The third kappa shape index (κ3) is 4.11. The minimum atomic E-state index is -0.149. The van der Waals surface area contributed by atoms with Crippen LogP contribution in [0.2, 0.25) is 0 Å². The Kier molecular flexibility index (Phi) is 6.20. The molecule has 9 aromatic rings. The van der Waals surface area contributed by atoms with Crippen LogP contribution in [0.1, 0.15) is 48.9 Å². The van der Waals surface area contributed by atoms with Gasteiger partial charge in [-0.25, -0.2) is 0 Å². The van der Waals surface area contributed by atoms with Crippen molar-refractivity contribution in [2.24, 2.45) is 0 Å². The molecule has 8 aromatic carbocycles. The van der Waals surface area contributed by atoms with Crippen molar-refractivity contribution >= 4 is 65.4 Å². The van der Waals surface area contributed by atoms with Crippen LogP contribution in [0.3, 0.4) is 0 Å². The summed E-state index contributed by atoms with van der Waals surface area (Å²) in [4.78, 5) is 0. The average Bonchev–Trinajstić information content (AvgIpc) is 3.69. The Labute approximate surface area is 303 Å². The monoisotopic (exact) mass is 664 g/mol. The molecule has 0 unspecified atom stereocenters. The fourth-order valence-electron chi connectivity index (χ4n) is 9.65. The van der Waals surface area contributed by atoms with Crippen LogP contribution >= 0.6 is 0 Å². The topological polar surface area (TPSA) is 13.1 Å². The van der Waals surface area contributed by atoms with Crippen LogP contribution in [-0.4, -0.2) is 0 Å². The molecule has 11 rings (SSSR count). The van der Waals surface area contributed by atoms with E-state index in [2.05, 4.69) is 166 Å². The number of allylic oxidation sites excluding steroid dienone is 4. The first kappa shape index (κ1) is 29.5. The lowest BCUT2D eigenvalue weighted by atomic mass is 9.79. The third-order valence-electron chi connectivity index (χ3n) is 12.0. The molecule has 52 heavy (non-hydrogen) atoms. The van der Waals surface area contributed by atoms with Gasteiger partial charge in [-0.3, -0.25) is 0 Å². The van der Waals surface area contributed by atoms with Gasteiger partial charge in [0, 0.05) is 16.2 Å². The van der Waals surface area contributed by atoms with Crippen molar-refractivity contribution in [3.63, 3.8) is 0 Å². The van der Waals surface area contributed by atoms with Crippen LogP contribution in [0.15, 0.2) is 162 Å². The summed E-state index contributed by atoms with van der Waals surface area (Å²) in [6.07, 6.45) is 6.78. The Hall–Kier alpha value is -6.18. The minimum Gasteiger partial charge on any atom is -0.456 e. The second kappa shape index (κ2) is 10.9. The van der Waals surface area contributed by atoms with E-state index in [1.54, 1.807) is 0 Å². The first-order chi connectivity index (χ1) is 25.6. The molecular formula is C51H36O. The van der Waals surface area contributed by atoms with Crippen molar-refractivity contribution in [3.05, 3.63) is 180 Å². The Morgan fingerprint density at radius 3 is 1.77 bits per heavy atom. The van der Waals surface area contributed by atoms with Crippen molar-refractivity contribution in [2.75, 3.05) is 0 Å². The number of fused-ring (bicyclic) bond motifs is 11. The average molecular weight is 665 g/mol. The fourth-order valence-corrected chi connectivity index (χ4v) is 9.65. The van der Waals surface area contributed by atoms with E-state index in [1.165, 1.54) is 98.7 Å². The van der Waals surface area contributed by atoms with Crippen LogP contribution < -0.4 is 0 Å². The highest BCUT2D eigenvalue weighted by atomic mass is 16.3. The predicted molar refractivity (Wildman–Crippen MR) is 221 cm³/mol. The summed E-state index contributed by atoms with van der Waals surface area (Å²) in [6, 6.07) is 53.7. The number of para-hydroxylation sites is 1. The van der Waals surface area contributed by atoms with E-state index in [-0.39, 0.29) is 5.41 Å². The second-order valence-electron chi connectivity index (χ2n) is 15.1. The van der Waals surface area contributed by atoms with E-state index in [0.29, 0.717) is 0 Å². The molecule has 2 aliphatic rings. The number of furan rings is 1. The summed E-state index contributed by atoms with van der Waals surface area (Å²) >= 11 is 0. The molecule has 0 saturated carbocycles. The predicted octanol–water partition coefficient (Wildman–Crippen LogP) is 14.3. The van der Waals surface area contributed by atoms with E-state index in [4.69, 9.17) is 4.42 Å². The smallest absolute Gasteiger partial charge is 0.136 e. The van der Waals surface area contributed by atoms with Gasteiger partial charge < -0.3 is 4.42 Å². The van der Waals surface area contributed by atoms with Gasteiger partial charge in [-0.2, -0.15) is 0 Å². The number of rotatable bonds is 3. The van der Waals surface area contributed by atoms with Gasteiger partial charge in [0.2, 0.25) is 0 Å². The zero-order valence-corrected chi connectivity index (χ0v) is 29.3. The maximum Gasteiger partial charge on any atom is 0.136 e. The summed E-state index contributed by atoms with van der Waals surface area (Å²) < 4.78 is 6.29. The molecule has 0 bridgehead atoms. The Morgan fingerprint density at radius 1 is 0.442 bits per heavy atom. The molecule has 1 aromatic heterocycles. The third-order valence-corrected chi connectivity index (χ3v) is 12.0. The van der Waals surface area contributed by atoms with Crippen LogP contribution in [-0.2, 0) is 5.41 Å². The van der Waals surface area contributed by atoms with Gasteiger partial charge in [0.05, 0.1) is 0 Å². The van der Waals surface area contributed by atoms with E-state index >= 15 is 0 Å². The number of benzene rings is 8. The van der Waals surface area contributed by atoms with Gasteiger partial charge in [0.15, 0.2) is 0 Å². The summed E-state index contributed by atoms with van der Waals surface area (Å²) in [5.74, 6) is 0. The lowest BCUT2D eigenvalue weighted by Gasteiger charge is -2.24. The van der Waals surface area contributed by atoms with Crippen LogP contribution in [0, 0.1) is 0 Å². The fraction of sp³-hybridized carbons (Fsp3) is 0.0980. The Morgan fingerprint density at radius 2 is 1.06 bits per heavy atom. The highest BCUT2D eigenvalue weighted by Crippen LogP contribution is 2.54. The zero-order valence-electron chi connectivity index (χ0n) is 29.3. The molecule has 0 radical (unpaired) electrons. The molecule has 0 aliphatic heterocycles. The lowest BCUT2D eigenvalue weighted by molar-refractivity contribution is 0.665. The largest absolute Gasteiger partial charge is 0.456 e. The lowest BCUT2D eigenvalue weighted by Crippen LogP contribution is -2.15. The number of hydrogen-bond donors (Lipinski definition) is 0. The molecule has 1 nitrogen and oxygen atoms in total. The molecule has 1 heterocycles. The molecule has 0 N–H and O–H groups in total. The standard InChI is InChI=1S/C51H36O/c1-51(2)44-28-24-34(30-43(44)41-26-25-39-40(50(41)51)27-29-46-49(39)42-18-10-11-19-45(42)52-46)48-37-16-8-6-14-35(37)47(36-15-7-9-17-38(36)48)33-22-20-32(21-23-33)31-12-4-3-5-13-31/h3-20,22,24-30H,21,23H2,1-2H3. The molecule has 0 spiro atoms. The highest BCUT2D eigenvalue weighted by Gasteiger charge is 2.37. The first-order valence-corrected chi connectivity index (χ1v) is 18.5. The molecule has 0 amide bonds. The van der Waals surface area contributed by atoms with E-state index < -0.39 is 0 Å². The Balaban J connectivity index is 1.12. The molecular weight excluding hydrogens is 629 g/mol. The highest BCUT2D eigenvalue weighted by molar-refractivity contribution is 6.21. The van der Waals surface area contributed by atoms with Crippen molar-refractivity contribution < 1.29 is 4.42 Å². The summed E-state index contributed by atoms with van der Waals surface area (Å²) in [6.45, 7) is 4.78. The second-order valence-corrected chi connectivity index (χ2v) is 15.1. The van der Waals surface area contributed by atoms with E-state index in [9.17, 15) is 0 Å². The molecule has 1 heteroatoms. The molecule has 246 valence electrons. The van der Waals surface area contributed by atoms with E-state index in [1.807, 2.05) is 6.07 Å². The summed E-state index contributed by atoms with van der Waals surface area (Å²) in [5, 5.41) is 10.2. The first-order valence-electron chi connectivity index (χ1n) is 18.5. The van der Waals surface area contributed by atoms with Crippen molar-refractivity contribution in [1.82, 2.24) is 0 Å². The van der Waals surface area contributed by atoms with Crippen LogP contribution in [0.25, 0.3) is 87.7 Å². The SMILES string of the molecule is CC1(C)c2ccc(-c3c4ccccc4c(C4=CC=C(c5ccccc5)CC4)c4ccccc34)cc2-c2ccc3c(ccc4oc5ccccc5c43)c21. The van der Waals surface area contributed by atoms with Gasteiger partial charge >= 0.3 is 0 Å². The molecule has 0 atom stereocenters. The molecule has 0 fully saturated rings. The van der Waals surface area contributed by atoms with E-state index in [0.717, 1.165) is 24.0 Å². The summed E-state index contributed by atoms with van der Waals surface area (Å²) in [7, 11) is 0. The maximum absolute atomic E-state index is 6.29. The minimum absolute atomic E-state index is 0.149. The van der Waals surface area contributed by atoms with Crippen molar-refractivity contribution in [2.45, 2.75) is 32.1 Å².